The van der Waals surface area contributed by atoms with E-state index < -0.39 is 53.8 Å². The van der Waals surface area contributed by atoms with Crippen molar-refractivity contribution in [3.63, 3.8) is 0 Å². The summed E-state index contributed by atoms with van der Waals surface area (Å²) in [6.45, 7) is 5.64. The molecule has 0 saturated carbocycles. The standard InChI is InChI=1S/C25H35F3N6O5/c1-13(2)11-18(32-19(35)12-15-6-8-16(9-7-15)25(26,27)28)22-34-20(14(3)39-22)21(36)33-17(23(37)38)5-4-10-31-24(29)30/h6-9,13-14,17-18,20H,4-5,10-12H2,1-3H3,(H,32,35)(H,33,36)(H,37,38)(H4,29,30,31). The number of hydrogen-bond acceptors (Lipinski definition) is 6. The van der Waals surface area contributed by atoms with Crippen molar-refractivity contribution in [2.24, 2.45) is 27.4 Å². The minimum atomic E-state index is -4.47. The van der Waals surface area contributed by atoms with E-state index in [0.717, 1.165) is 12.1 Å². The Labute approximate surface area is 224 Å². The van der Waals surface area contributed by atoms with Crippen LogP contribution >= 0.6 is 0 Å². The van der Waals surface area contributed by atoms with Gasteiger partial charge in [0.05, 0.1) is 12.0 Å². The Hall–Kier alpha value is -3.84. The highest BCUT2D eigenvalue weighted by Crippen LogP contribution is 2.29. The number of guanidine groups is 1. The molecule has 14 heteroatoms. The van der Waals surface area contributed by atoms with Crippen molar-refractivity contribution in [1.82, 2.24) is 10.6 Å². The Morgan fingerprint density at radius 2 is 1.79 bits per heavy atom. The molecule has 7 N–H and O–H groups in total. The van der Waals surface area contributed by atoms with Gasteiger partial charge in [0.1, 0.15) is 18.2 Å². The summed E-state index contributed by atoms with van der Waals surface area (Å²) < 4.78 is 44.2. The molecule has 2 rings (SSSR count). The minimum absolute atomic E-state index is 0.0896. The van der Waals surface area contributed by atoms with Crippen molar-refractivity contribution in [3.05, 3.63) is 35.4 Å². The van der Waals surface area contributed by atoms with Gasteiger partial charge in [0.2, 0.25) is 17.7 Å². The van der Waals surface area contributed by atoms with Crippen LogP contribution in [0.5, 0.6) is 0 Å². The van der Waals surface area contributed by atoms with E-state index in [9.17, 15) is 32.7 Å². The maximum atomic E-state index is 12.9. The third-order valence-corrected chi connectivity index (χ3v) is 5.83. The molecule has 4 atom stereocenters. The van der Waals surface area contributed by atoms with E-state index in [2.05, 4.69) is 20.6 Å². The largest absolute Gasteiger partial charge is 0.480 e. The van der Waals surface area contributed by atoms with Crippen LogP contribution in [0.4, 0.5) is 13.2 Å². The first kappa shape index (κ1) is 31.4. The van der Waals surface area contributed by atoms with Crippen LogP contribution in [0.1, 0.15) is 51.2 Å². The van der Waals surface area contributed by atoms with Gasteiger partial charge in [-0.2, -0.15) is 13.2 Å². The predicted octanol–water partition coefficient (Wildman–Crippen LogP) is 1.59. The number of ether oxygens (including phenoxy) is 1. The molecule has 1 aliphatic rings. The van der Waals surface area contributed by atoms with E-state index in [-0.39, 0.29) is 37.2 Å². The summed E-state index contributed by atoms with van der Waals surface area (Å²) in [5, 5.41) is 14.7. The maximum Gasteiger partial charge on any atom is 0.416 e. The van der Waals surface area contributed by atoms with Crippen LogP contribution in [0.15, 0.2) is 34.3 Å². The number of aliphatic carboxylic acids is 1. The highest BCUT2D eigenvalue weighted by atomic mass is 19.4. The molecule has 0 aliphatic carbocycles. The van der Waals surface area contributed by atoms with Crippen LogP contribution < -0.4 is 22.1 Å². The Morgan fingerprint density at radius 3 is 2.33 bits per heavy atom. The smallest absolute Gasteiger partial charge is 0.416 e. The second-order valence-corrected chi connectivity index (χ2v) is 9.70. The molecule has 0 fully saturated rings. The Kier molecular flexibility index (Phi) is 11.1. The molecule has 0 aromatic heterocycles. The molecule has 0 saturated heterocycles. The Balaban J connectivity index is 2.08. The average molecular weight is 557 g/mol. The molecule has 1 aromatic carbocycles. The number of nitrogens with two attached hydrogens (primary N) is 2. The van der Waals surface area contributed by atoms with Crippen LogP contribution in [-0.4, -0.2) is 65.5 Å². The van der Waals surface area contributed by atoms with Gasteiger partial charge >= 0.3 is 12.1 Å². The summed E-state index contributed by atoms with van der Waals surface area (Å²) in [5.74, 6) is -2.23. The molecule has 4 unspecified atom stereocenters. The van der Waals surface area contributed by atoms with E-state index in [1.54, 1.807) is 6.92 Å². The van der Waals surface area contributed by atoms with Crippen molar-refractivity contribution < 1.29 is 37.4 Å². The van der Waals surface area contributed by atoms with Crippen LogP contribution in [0, 0.1) is 5.92 Å². The number of halogens is 3. The highest BCUT2D eigenvalue weighted by Gasteiger charge is 2.38. The quantitative estimate of drug-likeness (QED) is 0.139. The molecule has 0 radical (unpaired) electrons. The second kappa shape index (κ2) is 13.8. The molecule has 11 nitrogen and oxygen atoms in total. The van der Waals surface area contributed by atoms with Crippen LogP contribution in [0.25, 0.3) is 0 Å². The number of nitrogens with one attached hydrogen (secondary N) is 2. The fourth-order valence-electron chi connectivity index (χ4n) is 3.92. The second-order valence-electron chi connectivity index (χ2n) is 9.70. The van der Waals surface area contributed by atoms with Gasteiger partial charge in [-0.25, -0.2) is 9.79 Å². The summed E-state index contributed by atoms with van der Waals surface area (Å²) >= 11 is 0. The van der Waals surface area contributed by atoms with E-state index in [0.29, 0.717) is 18.4 Å². The molecule has 1 heterocycles. The topological polar surface area (TPSA) is 181 Å². The van der Waals surface area contributed by atoms with Crippen LogP contribution in [0.3, 0.4) is 0 Å². The van der Waals surface area contributed by atoms with Gasteiger partial charge in [-0.15, -0.1) is 0 Å². The molecule has 1 aliphatic heterocycles. The fraction of sp³-hybridized carbons (Fsp3) is 0.560. The van der Waals surface area contributed by atoms with Crippen molar-refractivity contribution in [2.75, 3.05) is 6.54 Å². The number of carboxylic acid groups (broad SMARTS) is 1. The van der Waals surface area contributed by atoms with Gasteiger partial charge in [-0.05, 0) is 49.8 Å². The molecule has 1 aromatic rings. The van der Waals surface area contributed by atoms with Crippen LogP contribution in [-0.2, 0) is 31.7 Å². The third-order valence-electron chi connectivity index (χ3n) is 5.83. The predicted molar refractivity (Wildman–Crippen MR) is 138 cm³/mol. The fourth-order valence-corrected chi connectivity index (χ4v) is 3.92. The zero-order chi connectivity index (χ0) is 29.3. The van der Waals surface area contributed by atoms with Crippen molar-refractivity contribution in [3.8, 4) is 0 Å². The highest BCUT2D eigenvalue weighted by molar-refractivity contribution is 5.94. The Morgan fingerprint density at radius 1 is 1.15 bits per heavy atom. The van der Waals surface area contributed by atoms with E-state index in [4.69, 9.17) is 16.2 Å². The van der Waals surface area contributed by atoms with Gasteiger partial charge in [-0.3, -0.25) is 14.6 Å². The normalized spacial score (nSPS) is 18.5. The van der Waals surface area contributed by atoms with E-state index >= 15 is 0 Å². The number of benzene rings is 1. The summed E-state index contributed by atoms with van der Waals surface area (Å²) in [5.41, 5.74) is 10.1. The van der Waals surface area contributed by atoms with E-state index in [1.165, 1.54) is 12.1 Å². The SMILES string of the molecule is CC(C)CC(NC(=O)Cc1ccc(C(F)(F)F)cc1)C1=NC(C(=O)NC(CCCN=C(N)N)C(=O)O)C(C)O1. The van der Waals surface area contributed by atoms with Crippen LogP contribution in [0.2, 0.25) is 0 Å². The lowest BCUT2D eigenvalue weighted by Crippen LogP contribution is -2.47. The molecular weight excluding hydrogens is 521 g/mol. The van der Waals surface area contributed by atoms with Gasteiger partial charge in [0.15, 0.2) is 12.0 Å². The molecular formula is C25H35F3N6O5. The lowest BCUT2D eigenvalue weighted by Gasteiger charge is -2.21. The number of alkyl halides is 3. The lowest BCUT2D eigenvalue weighted by molar-refractivity contribution is -0.142. The van der Waals surface area contributed by atoms with Gasteiger partial charge in [0, 0.05) is 6.54 Å². The third kappa shape index (κ3) is 10.1. The van der Waals surface area contributed by atoms with Gasteiger partial charge in [0.25, 0.3) is 0 Å². The number of amides is 2. The zero-order valence-electron chi connectivity index (χ0n) is 22.0. The molecule has 2 amide bonds. The summed E-state index contributed by atoms with van der Waals surface area (Å²) in [6.07, 6.45) is -4.54. The number of rotatable bonds is 13. The molecule has 39 heavy (non-hydrogen) atoms. The van der Waals surface area contributed by atoms with Gasteiger partial charge in [-0.1, -0.05) is 26.0 Å². The summed E-state index contributed by atoms with van der Waals surface area (Å²) in [4.78, 5) is 45.3. The van der Waals surface area contributed by atoms with Crippen molar-refractivity contribution in [2.45, 2.75) is 76.9 Å². The molecule has 0 bridgehead atoms. The number of carboxylic acids is 1. The minimum Gasteiger partial charge on any atom is -0.480 e. The number of hydrogen-bond donors (Lipinski definition) is 5. The lowest BCUT2D eigenvalue weighted by atomic mass is 10.0. The monoisotopic (exact) mass is 556 g/mol. The number of aliphatic imine (C=N–C) groups is 2. The Bertz CT molecular complexity index is 1070. The first-order valence-corrected chi connectivity index (χ1v) is 12.5. The van der Waals surface area contributed by atoms with Crippen molar-refractivity contribution >= 4 is 29.6 Å². The van der Waals surface area contributed by atoms with Crippen molar-refractivity contribution in [1.29, 1.82) is 0 Å². The average Bonchev–Trinajstić information content (AvgIpc) is 3.21. The molecule has 216 valence electrons. The first-order valence-electron chi connectivity index (χ1n) is 12.5. The van der Waals surface area contributed by atoms with Gasteiger partial charge < -0.3 is 31.9 Å². The number of carbonyl (C=O) groups excluding carboxylic acids is 2. The number of carbonyl (C=O) groups is 3. The molecule has 0 spiro atoms. The van der Waals surface area contributed by atoms with E-state index in [1.807, 2.05) is 13.8 Å². The maximum absolute atomic E-state index is 12.9. The summed E-state index contributed by atoms with van der Waals surface area (Å²) in [7, 11) is 0. The zero-order valence-corrected chi connectivity index (χ0v) is 22.0. The summed E-state index contributed by atoms with van der Waals surface area (Å²) in [6, 6.07) is 1.38. The first-order chi connectivity index (χ1) is 18.2. The number of nitrogens with zero attached hydrogens (tertiary/aromatic N) is 2.